The lowest BCUT2D eigenvalue weighted by molar-refractivity contribution is -0.124. The van der Waals surface area contributed by atoms with Crippen LogP contribution < -0.4 is 11.1 Å². The molecule has 0 bridgehead atoms. The number of H-pyrrole nitrogens is 1. The minimum atomic E-state index is 0.145. The molecule has 154 valence electrons. The number of carbonyl (C=O) groups is 1. The molecule has 4 N–H and O–H groups in total. The maximum atomic E-state index is 12.3. The largest absolute Gasteiger partial charge is 0.382 e. The van der Waals surface area contributed by atoms with Gasteiger partial charge in [-0.3, -0.25) is 4.79 Å². The molecule has 1 aliphatic rings. The number of benzene rings is 1. The second kappa shape index (κ2) is 7.60. The summed E-state index contributed by atoms with van der Waals surface area (Å²) < 4.78 is 1.92. The number of nitrogens with two attached hydrogens (primary N) is 1. The monoisotopic (exact) mass is 423 g/mol. The Balaban J connectivity index is 1.42. The highest BCUT2D eigenvalue weighted by Crippen LogP contribution is 2.27. The van der Waals surface area contributed by atoms with Crippen molar-refractivity contribution in [1.82, 2.24) is 29.8 Å². The molecule has 0 saturated heterocycles. The third kappa shape index (κ3) is 3.47. The standard InChI is InChI=1S/C21H22ClN7O/c22-15-5-13-7-16(8-24-21(30)12-3-1-2-4-12)28-17(13)14(6-15)9-29-11-27-18-19(23)25-10-26-20(18)29/h5-7,10-12,28H,1-4,8-9H2,(H,24,30)(H2,23,25,26). The maximum absolute atomic E-state index is 12.3. The molecular weight excluding hydrogens is 402 g/mol. The van der Waals surface area contributed by atoms with E-state index in [1.54, 1.807) is 6.33 Å². The summed E-state index contributed by atoms with van der Waals surface area (Å²) in [5.74, 6) is 0.657. The molecule has 5 rings (SSSR count). The van der Waals surface area contributed by atoms with Crippen LogP contribution in [-0.4, -0.2) is 30.4 Å². The third-order valence-corrected chi connectivity index (χ3v) is 6.00. The van der Waals surface area contributed by atoms with E-state index >= 15 is 0 Å². The number of hydrogen-bond acceptors (Lipinski definition) is 5. The van der Waals surface area contributed by atoms with E-state index in [0.717, 1.165) is 47.8 Å². The number of imidazole rings is 1. The van der Waals surface area contributed by atoms with Crippen molar-refractivity contribution in [3.8, 4) is 0 Å². The second-order valence-electron chi connectivity index (χ2n) is 7.83. The van der Waals surface area contributed by atoms with Crippen LogP contribution in [-0.2, 0) is 17.9 Å². The summed E-state index contributed by atoms with van der Waals surface area (Å²) >= 11 is 6.38. The zero-order chi connectivity index (χ0) is 20.7. The summed E-state index contributed by atoms with van der Waals surface area (Å²) in [7, 11) is 0. The van der Waals surface area contributed by atoms with Gasteiger partial charge in [0.15, 0.2) is 11.5 Å². The van der Waals surface area contributed by atoms with Crippen LogP contribution in [0.15, 0.2) is 30.9 Å². The van der Waals surface area contributed by atoms with Gasteiger partial charge < -0.3 is 20.6 Å². The van der Waals surface area contributed by atoms with E-state index in [0.29, 0.717) is 35.1 Å². The zero-order valence-corrected chi connectivity index (χ0v) is 17.1. The molecule has 1 saturated carbocycles. The molecule has 3 aromatic heterocycles. The molecule has 1 fully saturated rings. The van der Waals surface area contributed by atoms with E-state index in [2.05, 4.69) is 25.3 Å². The smallest absolute Gasteiger partial charge is 0.223 e. The Morgan fingerprint density at radius 2 is 2.07 bits per heavy atom. The highest BCUT2D eigenvalue weighted by atomic mass is 35.5. The second-order valence-corrected chi connectivity index (χ2v) is 8.26. The molecule has 0 radical (unpaired) electrons. The van der Waals surface area contributed by atoms with Gasteiger partial charge in [0.2, 0.25) is 5.91 Å². The highest BCUT2D eigenvalue weighted by Gasteiger charge is 2.22. The van der Waals surface area contributed by atoms with Crippen molar-refractivity contribution < 1.29 is 4.79 Å². The normalized spacial score (nSPS) is 14.7. The molecule has 0 unspecified atom stereocenters. The molecule has 0 spiro atoms. The van der Waals surface area contributed by atoms with Gasteiger partial charge in [-0.25, -0.2) is 15.0 Å². The number of anilines is 1. The van der Waals surface area contributed by atoms with E-state index in [1.165, 1.54) is 6.33 Å². The number of amides is 1. The number of rotatable bonds is 5. The average molecular weight is 424 g/mol. The summed E-state index contributed by atoms with van der Waals surface area (Å²) in [5, 5.41) is 4.71. The summed E-state index contributed by atoms with van der Waals surface area (Å²) in [6.07, 6.45) is 7.41. The summed E-state index contributed by atoms with van der Waals surface area (Å²) in [5.41, 5.74) is 10.1. The van der Waals surface area contributed by atoms with Crippen LogP contribution in [0.1, 0.15) is 36.9 Å². The maximum Gasteiger partial charge on any atom is 0.223 e. The molecule has 0 aliphatic heterocycles. The lowest BCUT2D eigenvalue weighted by Gasteiger charge is -2.09. The van der Waals surface area contributed by atoms with E-state index in [4.69, 9.17) is 17.3 Å². The first-order valence-corrected chi connectivity index (χ1v) is 10.5. The van der Waals surface area contributed by atoms with Gasteiger partial charge in [-0.05, 0) is 36.6 Å². The van der Waals surface area contributed by atoms with Crippen molar-refractivity contribution in [2.45, 2.75) is 38.8 Å². The average Bonchev–Trinajstić information content (AvgIpc) is 3.46. The number of nitrogen functional groups attached to an aromatic ring is 1. The minimum Gasteiger partial charge on any atom is -0.382 e. The molecule has 1 aromatic carbocycles. The Morgan fingerprint density at radius 3 is 2.90 bits per heavy atom. The molecule has 9 heteroatoms. The van der Waals surface area contributed by atoms with Gasteiger partial charge in [0.25, 0.3) is 0 Å². The first kappa shape index (κ1) is 18.9. The van der Waals surface area contributed by atoms with Crippen LogP contribution in [0.5, 0.6) is 0 Å². The van der Waals surface area contributed by atoms with Crippen molar-refractivity contribution >= 4 is 45.4 Å². The number of aromatic nitrogens is 5. The van der Waals surface area contributed by atoms with Crippen LogP contribution in [0, 0.1) is 5.92 Å². The Hall–Kier alpha value is -3.13. The van der Waals surface area contributed by atoms with Crippen LogP contribution in [0.2, 0.25) is 5.02 Å². The Bertz CT molecular complexity index is 1240. The Labute approximate surface area is 177 Å². The summed E-state index contributed by atoms with van der Waals surface area (Å²) in [4.78, 5) is 28.4. The predicted molar refractivity (Wildman–Crippen MR) is 116 cm³/mol. The fourth-order valence-corrected chi connectivity index (χ4v) is 4.52. The lowest BCUT2D eigenvalue weighted by atomic mass is 10.1. The van der Waals surface area contributed by atoms with Gasteiger partial charge in [0.05, 0.1) is 24.9 Å². The van der Waals surface area contributed by atoms with Crippen molar-refractivity contribution in [2.75, 3.05) is 5.73 Å². The number of fused-ring (bicyclic) bond motifs is 2. The Kier molecular flexibility index (Phi) is 4.78. The molecule has 1 aliphatic carbocycles. The van der Waals surface area contributed by atoms with E-state index in [9.17, 15) is 4.79 Å². The van der Waals surface area contributed by atoms with Crippen LogP contribution >= 0.6 is 11.6 Å². The molecule has 4 aromatic rings. The fourth-order valence-electron chi connectivity index (χ4n) is 4.27. The summed E-state index contributed by atoms with van der Waals surface area (Å²) in [6, 6.07) is 5.88. The van der Waals surface area contributed by atoms with Crippen molar-refractivity contribution in [2.24, 2.45) is 5.92 Å². The third-order valence-electron chi connectivity index (χ3n) is 5.78. The van der Waals surface area contributed by atoms with Gasteiger partial charge in [-0.15, -0.1) is 0 Å². The number of hydrogen-bond donors (Lipinski definition) is 3. The molecule has 30 heavy (non-hydrogen) atoms. The number of carbonyl (C=O) groups excluding carboxylic acids is 1. The highest BCUT2D eigenvalue weighted by molar-refractivity contribution is 6.31. The van der Waals surface area contributed by atoms with Crippen LogP contribution in [0.3, 0.4) is 0 Å². The lowest BCUT2D eigenvalue weighted by Crippen LogP contribution is -2.28. The van der Waals surface area contributed by atoms with Gasteiger partial charge >= 0.3 is 0 Å². The zero-order valence-electron chi connectivity index (χ0n) is 16.4. The predicted octanol–water partition coefficient (Wildman–Crippen LogP) is 3.40. The fraction of sp³-hybridized carbons (Fsp3) is 0.333. The number of nitrogens with one attached hydrogen (secondary N) is 2. The van der Waals surface area contributed by atoms with E-state index in [1.807, 2.05) is 22.8 Å². The topological polar surface area (TPSA) is 115 Å². The molecule has 1 amide bonds. The van der Waals surface area contributed by atoms with Gasteiger partial charge in [0, 0.05) is 22.0 Å². The number of halogens is 1. The SMILES string of the molecule is Nc1ncnc2c1ncn2Cc1cc(Cl)cc2cc(CNC(=O)C3CCCC3)[nH]c12. The Morgan fingerprint density at radius 1 is 1.23 bits per heavy atom. The summed E-state index contributed by atoms with van der Waals surface area (Å²) in [6.45, 7) is 0.997. The quantitative estimate of drug-likeness (QED) is 0.455. The minimum absolute atomic E-state index is 0.145. The van der Waals surface area contributed by atoms with Gasteiger partial charge in [-0.1, -0.05) is 24.4 Å². The van der Waals surface area contributed by atoms with Crippen molar-refractivity contribution in [3.63, 3.8) is 0 Å². The van der Waals surface area contributed by atoms with E-state index in [-0.39, 0.29) is 11.8 Å². The van der Waals surface area contributed by atoms with Crippen LogP contribution in [0.25, 0.3) is 22.1 Å². The van der Waals surface area contributed by atoms with Crippen LogP contribution in [0.4, 0.5) is 5.82 Å². The molecular formula is C21H22ClN7O. The first-order chi connectivity index (χ1) is 14.6. The molecule has 3 heterocycles. The van der Waals surface area contributed by atoms with Gasteiger partial charge in [-0.2, -0.15) is 0 Å². The number of aromatic amines is 1. The molecule has 0 atom stereocenters. The van der Waals surface area contributed by atoms with E-state index < -0.39 is 0 Å². The molecule has 8 nitrogen and oxygen atoms in total. The van der Waals surface area contributed by atoms with Crippen molar-refractivity contribution in [1.29, 1.82) is 0 Å². The van der Waals surface area contributed by atoms with Gasteiger partial charge in [0.1, 0.15) is 11.8 Å². The first-order valence-electron chi connectivity index (χ1n) is 10.1. The van der Waals surface area contributed by atoms with Crippen molar-refractivity contribution in [3.05, 3.63) is 47.1 Å². The number of nitrogens with zero attached hydrogens (tertiary/aromatic N) is 4.